The summed E-state index contributed by atoms with van der Waals surface area (Å²) in [6.07, 6.45) is 2.19. The van der Waals surface area contributed by atoms with Gasteiger partial charge in [-0.15, -0.1) is 0 Å². The third-order valence-electron chi connectivity index (χ3n) is 3.23. The Bertz CT molecular complexity index is 335. The van der Waals surface area contributed by atoms with E-state index in [4.69, 9.17) is 16.7 Å². The highest BCUT2D eigenvalue weighted by atomic mass is 35.5. The third kappa shape index (κ3) is 1.55. The number of fused-ring (bicyclic) bond motifs is 1. The lowest BCUT2D eigenvalue weighted by Gasteiger charge is -2.17. The first-order valence-electron chi connectivity index (χ1n) is 5.12. The first-order valence-corrected chi connectivity index (χ1v) is 5.50. The molecule has 0 spiro atoms. The van der Waals surface area contributed by atoms with Gasteiger partial charge in [0.15, 0.2) is 0 Å². The van der Waals surface area contributed by atoms with Crippen LogP contribution in [0.25, 0.3) is 0 Å². The highest BCUT2D eigenvalue weighted by Crippen LogP contribution is 2.40. The van der Waals surface area contributed by atoms with Crippen molar-refractivity contribution in [2.75, 3.05) is 6.61 Å². The molecule has 0 radical (unpaired) electrons. The van der Waals surface area contributed by atoms with E-state index in [0.29, 0.717) is 11.8 Å². The molecule has 0 aromatic heterocycles. The number of rotatable bonds is 2. The summed E-state index contributed by atoms with van der Waals surface area (Å²) in [7, 11) is 0. The summed E-state index contributed by atoms with van der Waals surface area (Å²) in [4.78, 5) is 0. The Balaban J connectivity index is 2.35. The summed E-state index contributed by atoms with van der Waals surface area (Å²) in [5.74, 6) is 0.836. The van der Waals surface area contributed by atoms with Gasteiger partial charge in [-0.3, -0.25) is 0 Å². The second kappa shape index (κ2) is 3.92. The van der Waals surface area contributed by atoms with Crippen LogP contribution in [0.4, 0.5) is 0 Å². The van der Waals surface area contributed by atoms with E-state index in [1.807, 2.05) is 12.1 Å². The Morgan fingerprint density at radius 3 is 3.07 bits per heavy atom. The molecule has 2 atom stereocenters. The van der Waals surface area contributed by atoms with E-state index in [-0.39, 0.29) is 6.61 Å². The second-order valence-electron chi connectivity index (χ2n) is 4.11. The largest absolute Gasteiger partial charge is 0.396 e. The molecule has 0 saturated heterocycles. The van der Waals surface area contributed by atoms with Crippen LogP contribution in [0.15, 0.2) is 18.2 Å². The zero-order chi connectivity index (χ0) is 10.1. The number of halogens is 1. The lowest BCUT2D eigenvalue weighted by Crippen LogP contribution is -2.10. The Hall–Kier alpha value is -0.530. The molecule has 1 N–H and O–H groups in total. The van der Waals surface area contributed by atoms with Crippen molar-refractivity contribution in [2.24, 2.45) is 5.92 Å². The van der Waals surface area contributed by atoms with Crippen LogP contribution >= 0.6 is 11.6 Å². The minimum atomic E-state index is 0.261. The van der Waals surface area contributed by atoms with Gasteiger partial charge in [-0.2, -0.15) is 0 Å². The molecule has 2 unspecified atom stereocenters. The number of hydrogen-bond acceptors (Lipinski definition) is 1. The summed E-state index contributed by atoms with van der Waals surface area (Å²) in [6.45, 7) is 2.36. The molecule has 1 nitrogen and oxygen atoms in total. The molecular formula is C12H15ClO. The SMILES string of the molecule is CC(CO)C1CCc2c(Cl)cccc21. The van der Waals surface area contributed by atoms with Crippen LogP contribution in [0.1, 0.15) is 30.4 Å². The van der Waals surface area contributed by atoms with Gasteiger partial charge < -0.3 is 5.11 Å². The summed E-state index contributed by atoms with van der Waals surface area (Å²) in [5, 5.41) is 10.0. The average Bonchev–Trinajstić information content (AvgIpc) is 2.62. The highest BCUT2D eigenvalue weighted by Gasteiger charge is 2.27. The predicted molar refractivity (Wildman–Crippen MR) is 58.8 cm³/mol. The summed E-state index contributed by atoms with van der Waals surface area (Å²) < 4.78 is 0. The van der Waals surface area contributed by atoms with Crippen LogP contribution in [0.3, 0.4) is 0 Å². The molecule has 2 heteroatoms. The van der Waals surface area contributed by atoms with Crippen LogP contribution in [0.2, 0.25) is 5.02 Å². The average molecular weight is 211 g/mol. The minimum absolute atomic E-state index is 0.261. The fourth-order valence-electron chi connectivity index (χ4n) is 2.36. The van der Waals surface area contributed by atoms with E-state index in [9.17, 15) is 0 Å². The first-order chi connectivity index (χ1) is 6.74. The van der Waals surface area contributed by atoms with Crippen molar-refractivity contribution in [2.45, 2.75) is 25.7 Å². The molecule has 0 bridgehead atoms. The zero-order valence-corrected chi connectivity index (χ0v) is 9.09. The fraction of sp³-hybridized carbons (Fsp3) is 0.500. The summed E-state index contributed by atoms with van der Waals surface area (Å²) in [5.41, 5.74) is 2.64. The van der Waals surface area contributed by atoms with Gasteiger partial charge in [-0.25, -0.2) is 0 Å². The van der Waals surface area contributed by atoms with Crippen molar-refractivity contribution in [1.82, 2.24) is 0 Å². The topological polar surface area (TPSA) is 20.2 Å². The van der Waals surface area contributed by atoms with Gasteiger partial charge in [0.25, 0.3) is 0 Å². The van der Waals surface area contributed by atoms with Crippen LogP contribution in [0.5, 0.6) is 0 Å². The van der Waals surface area contributed by atoms with Crippen molar-refractivity contribution in [3.63, 3.8) is 0 Å². The van der Waals surface area contributed by atoms with Gasteiger partial charge in [0.1, 0.15) is 0 Å². The molecule has 0 fully saturated rings. The molecule has 14 heavy (non-hydrogen) atoms. The number of hydrogen-bond donors (Lipinski definition) is 1. The highest BCUT2D eigenvalue weighted by molar-refractivity contribution is 6.31. The van der Waals surface area contributed by atoms with Crippen LogP contribution in [-0.4, -0.2) is 11.7 Å². The third-order valence-corrected chi connectivity index (χ3v) is 3.59. The number of benzene rings is 1. The van der Waals surface area contributed by atoms with Crippen molar-refractivity contribution in [3.8, 4) is 0 Å². The van der Waals surface area contributed by atoms with Gasteiger partial charge in [0.05, 0.1) is 0 Å². The monoisotopic (exact) mass is 210 g/mol. The molecule has 76 valence electrons. The molecule has 1 aliphatic rings. The maximum Gasteiger partial charge on any atom is 0.0462 e. The molecule has 0 aliphatic heterocycles. The lowest BCUT2D eigenvalue weighted by atomic mass is 9.89. The maximum atomic E-state index is 9.16. The normalized spacial score (nSPS) is 22.1. The quantitative estimate of drug-likeness (QED) is 0.796. The van der Waals surface area contributed by atoms with Gasteiger partial charge in [-0.1, -0.05) is 30.7 Å². The minimum Gasteiger partial charge on any atom is -0.396 e. The molecule has 1 aliphatic carbocycles. The smallest absolute Gasteiger partial charge is 0.0462 e. The molecule has 0 amide bonds. The molecule has 0 heterocycles. The fourth-order valence-corrected chi connectivity index (χ4v) is 2.64. The van der Waals surface area contributed by atoms with Crippen LogP contribution in [0, 0.1) is 5.92 Å². The van der Waals surface area contributed by atoms with Crippen LogP contribution < -0.4 is 0 Å². The maximum absolute atomic E-state index is 9.16. The summed E-state index contributed by atoms with van der Waals surface area (Å²) >= 11 is 6.12. The van der Waals surface area contributed by atoms with E-state index in [1.165, 1.54) is 11.1 Å². The Morgan fingerprint density at radius 2 is 2.36 bits per heavy atom. The standard InChI is InChI=1S/C12H15ClO/c1-8(7-14)9-5-6-11-10(9)3-2-4-12(11)13/h2-4,8-9,14H,5-7H2,1H3. The van der Waals surface area contributed by atoms with Crippen molar-refractivity contribution in [1.29, 1.82) is 0 Å². The Labute approximate surface area is 89.7 Å². The molecule has 1 aromatic rings. The van der Waals surface area contributed by atoms with E-state index >= 15 is 0 Å². The summed E-state index contributed by atoms with van der Waals surface area (Å²) in [6, 6.07) is 6.10. The van der Waals surface area contributed by atoms with Crippen molar-refractivity contribution < 1.29 is 5.11 Å². The Kier molecular flexibility index (Phi) is 2.80. The van der Waals surface area contributed by atoms with Gasteiger partial charge in [0, 0.05) is 11.6 Å². The van der Waals surface area contributed by atoms with Gasteiger partial charge in [-0.05, 0) is 41.9 Å². The molecular weight excluding hydrogens is 196 g/mol. The van der Waals surface area contributed by atoms with E-state index < -0.39 is 0 Å². The lowest BCUT2D eigenvalue weighted by molar-refractivity contribution is 0.215. The zero-order valence-electron chi connectivity index (χ0n) is 8.33. The van der Waals surface area contributed by atoms with Crippen molar-refractivity contribution >= 4 is 11.6 Å². The predicted octanol–water partition coefficient (Wildman–Crippen LogP) is 3.00. The van der Waals surface area contributed by atoms with Gasteiger partial charge >= 0.3 is 0 Å². The van der Waals surface area contributed by atoms with E-state index in [1.54, 1.807) is 0 Å². The van der Waals surface area contributed by atoms with Crippen LogP contribution in [-0.2, 0) is 6.42 Å². The van der Waals surface area contributed by atoms with Gasteiger partial charge in [0.2, 0.25) is 0 Å². The first kappa shape index (κ1) is 10.0. The second-order valence-corrected chi connectivity index (χ2v) is 4.52. The number of aliphatic hydroxyl groups is 1. The van der Waals surface area contributed by atoms with Crippen molar-refractivity contribution in [3.05, 3.63) is 34.3 Å². The molecule has 2 rings (SSSR count). The van der Waals surface area contributed by atoms with E-state index in [0.717, 1.165) is 17.9 Å². The molecule has 0 saturated carbocycles. The molecule has 1 aromatic carbocycles. The Morgan fingerprint density at radius 1 is 1.57 bits per heavy atom. The number of aliphatic hydroxyl groups excluding tert-OH is 1. The van der Waals surface area contributed by atoms with E-state index in [2.05, 4.69) is 13.0 Å².